The lowest BCUT2D eigenvalue weighted by Gasteiger charge is -2.29. The van der Waals surface area contributed by atoms with E-state index in [0.29, 0.717) is 24.7 Å². The van der Waals surface area contributed by atoms with E-state index in [4.69, 9.17) is 5.11 Å². The molecule has 1 aromatic rings. The van der Waals surface area contributed by atoms with Gasteiger partial charge in [0.25, 0.3) is 0 Å². The predicted molar refractivity (Wildman–Crippen MR) is 76.0 cm³/mol. The van der Waals surface area contributed by atoms with Gasteiger partial charge in [0.15, 0.2) is 5.13 Å². The monoisotopic (exact) mass is 319 g/mol. The molecule has 0 amide bonds. The largest absolute Gasteiger partial charge is 0.481 e. The van der Waals surface area contributed by atoms with Gasteiger partial charge in [-0.15, -0.1) is 11.3 Å². The van der Waals surface area contributed by atoms with Crippen LogP contribution in [-0.4, -0.2) is 41.9 Å². The van der Waals surface area contributed by atoms with E-state index in [-0.39, 0.29) is 11.6 Å². The number of carboxylic acid groups (broad SMARTS) is 1. The molecule has 0 saturated carbocycles. The molecule has 7 nitrogen and oxygen atoms in total. The highest BCUT2D eigenvalue weighted by atomic mass is 32.2. The van der Waals surface area contributed by atoms with Gasteiger partial charge < -0.3 is 5.11 Å². The Hall–Kier alpha value is -1.19. The zero-order valence-corrected chi connectivity index (χ0v) is 12.7. The summed E-state index contributed by atoms with van der Waals surface area (Å²) in [4.78, 5) is 14.5. The van der Waals surface area contributed by atoms with E-state index < -0.39 is 16.2 Å². The van der Waals surface area contributed by atoms with Crippen molar-refractivity contribution in [3.8, 4) is 0 Å². The molecule has 0 aromatic carbocycles. The molecule has 0 radical (unpaired) electrons. The second-order valence-electron chi connectivity index (χ2n) is 4.90. The van der Waals surface area contributed by atoms with Crippen LogP contribution in [0.2, 0.25) is 0 Å². The number of aliphatic carboxylic acids is 1. The molecule has 112 valence electrons. The number of nitrogens with zero attached hydrogens (tertiary/aromatic N) is 2. The second kappa shape index (κ2) is 6.06. The molecule has 0 bridgehead atoms. The Balaban J connectivity index is 2.01. The fourth-order valence-electron chi connectivity index (χ4n) is 1.99. The number of hydrogen-bond acceptors (Lipinski definition) is 5. The second-order valence-corrected chi connectivity index (χ2v) is 7.43. The smallest absolute Gasteiger partial charge is 0.309 e. The summed E-state index contributed by atoms with van der Waals surface area (Å²) in [6.07, 6.45) is 1.49. The van der Waals surface area contributed by atoms with Crippen LogP contribution in [0.3, 0.4) is 0 Å². The molecule has 1 saturated heterocycles. The van der Waals surface area contributed by atoms with Crippen molar-refractivity contribution in [1.29, 1.82) is 0 Å². The summed E-state index contributed by atoms with van der Waals surface area (Å²) < 4.78 is 28.1. The van der Waals surface area contributed by atoms with Gasteiger partial charge in [0.05, 0.1) is 12.1 Å². The number of piperidine rings is 1. The molecule has 1 aliphatic heterocycles. The lowest BCUT2D eigenvalue weighted by atomic mass is 10.0. The van der Waals surface area contributed by atoms with Gasteiger partial charge in [-0.1, -0.05) is 6.92 Å². The minimum absolute atomic E-state index is 0.208. The Morgan fingerprint density at radius 3 is 2.80 bits per heavy atom. The Morgan fingerprint density at radius 2 is 2.20 bits per heavy atom. The Morgan fingerprint density at radius 1 is 1.55 bits per heavy atom. The van der Waals surface area contributed by atoms with Gasteiger partial charge in [-0.2, -0.15) is 12.7 Å². The van der Waals surface area contributed by atoms with Crippen molar-refractivity contribution in [3.63, 3.8) is 0 Å². The summed E-state index contributed by atoms with van der Waals surface area (Å²) in [5, 5.41) is 10.4. The molecule has 2 rings (SSSR count). The molecule has 0 atom stereocenters. The first-order valence-corrected chi connectivity index (χ1v) is 8.63. The Kier molecular flexibility index (Phi) is 4.61. The number of thiazole rings is 1. The summed E-state index contributed by atoms with van der Waals surface area (Å²) in [6, 6.07) is 0. The van der Waals surface area contributed by atoms with E-state index >= 15 is 0 Å². The number of nitrogens with one attached hydrogen (secondary N) is 1. The van der Waals surface area contributed by atoms with Crippen molar-refractivity contribution in [2.75, 3.05) is 17.8 Å². The van der Waals surface area contributed by atoms with Crippen LogP contribution < -0.4 is 4.72 Å². The molecule has 1 aromatic heterocycles. The Labute approximate surface area is 121 Å². The molecular weight excluding hydrogens is 302 g/mol. The van der Waals surface area contributed by atoms with Crippen molar-refractivity contribution in [3.05, 3.63) is 11.1 Å². The molecule has 1 aliphatic rings. The standard InChI is InChI=1S/C11H17N3O4S2/c1-8-2-4-14(5-3-8)20(17,18)13-11-12-9(7-19-11)6-10(15)16/h7-8H,2-6H2,1H3,(H,12,13)(H,15,16). The van der Waals surface area contributed by atoms with Gasteiger partial charge in [0.1, 0.15) is 0 Å². The molecule has 0 aliphatic carbocycles. The first kappa shape index (κ1) is 15.2. The molecule has 20 heavy (non-hydrogen) atoms. The van der Waals surface area contributed by atoms with E-state index in [1.54, 1.807) is 5.38 Å². The van der Waals surface area contributed by atoms with Crippen LogP contribution in [0.4, 0.5) is 5.13 Å². The minimum Gasteiger partial charge on any atom is -0.481 e. The SMILES string of the molecule is CC1CCN(S(=O)(=O)Nc2nc(CC(=O)O)cs2)CC1. The van der Waals surface area contributed by atoms with Crippen molar-refractivity contribution < 1.29 is 18.3 Å². The molecule has 0 unspecified atom stereocenters. The van der Waals surface area contributed by atoms with Crippen LogP contribution in [0.5, 0.6) is 0 Å². The average Bonchev–Trinajstić information content (AvgIpc) is 2.75. The highest BCUT2D eigenvalue weighted by Gasteiger charge is 2.27. The summed E-state index contributed by atoms with van der Waals surface area (Å²) >= 11 is 1.09. The van der Waals surface area contributed by atoms with Crippen LogP contribution in [0.1, 0.15) is 25.5 Å². The van der Waals surface area contributed by atoms with E-state index in [0.717, 1.165) is 24.2 Å². The first-order valence-electron chi connectivity index (χ1n) is 6.31. The van der Waals surface area contributed by atoms with Gasteiger partial charge >= 0.3 is 16.2 Å². The number of carbonyl (C=O) groups is 1. The number of anilines is 1. The van der Waals surface area contributed by atoms with Crippen molar-refractivity contribution in [2.45, 2.75) is 26.2 Å². The van der Waals surface area contributed by atoms with Gasteiger partial charge in [-0.05, 0) is 18.8 Å². The van der Waals surface area contributed by atoms with Crippen molar-refractivity contribution in [1.82, 2.24) is 9.29 Å². The van der Waals surface area contributed by atoms with E-state index in [1.807, 2.05) is 0 Å². The first-order chi connectivity index (χ1) is 9.37. The zero-order valence-electron chi connectivity index (χ0n) is 11.1. The normalized spacial score (nSPS) is 18.1. The number of aromatic nitrogens is 1. The van der Waals surface area contributed by atoms with Gasteiger partial charge in [-0.25, -0.2) is 9.71 Å². The van der Waals surface area contributed by atoms with Crippen LogP contribution >= 0.6 is 11.3 Å². The molecule has 9 heteroatoms. The highest BCUT2D eigenvalue weighted by Crippen LogP contribution is 2.22. The summed E-state index contributed by atoms with van der Waals surface area (Å²) in [5.74, 6) is -0.446. The zero-order chi connectivity index (χ0) is 14.8. The minimum atomic E-state index is -3.59. The van der Waals surface area contributed by atoms with Crippen LogP contribution in [-0.2, 0) is 21.4 Å². The average molecular weight is 319 g/mol. The Bertz CT molecular complexity index is 576. The predicted octanol–water partition coefficient (Wildman–Crippen LogP) is 1.16. The van der Waals surface area contributed by atoms with Crippen molar-refractivity contribution >= 4 is 32.6 Å². The van der Waals surface area contributed by atoms with E-state index in [2.05, 4.69) is 16.6 Å². The molecule has 0 spiro atoms. The van der Waals surface area contributed by atoms with Crippen LogP contribution in [0.15, 0.2) is 5.38 Å². The van der Waals surface area contributed by atoms with Gasteiger partial charge in [-0.3, -0.25) is 4.79 Å². The lowest BCUT2D eigenvalue weighted by molar-refractivity contribution is -0.136. The summed E-state index contributed by atoms with van der Waals surface area (Å²) in [7, 11) is -3.59. The van der Waals surface area contributed by atoms with Crippen LogP contribution in [0.25, 0.3) is 0 Å². The third-order valence-corrected chi connectivity index (χ3v) is 5.61. The van der Waals surface area contributed by atoms with Crippen molar-refractivity contribution in [2.24, 2.45) is 5.92 Å². The fourth-order valence-corrected chi connectivity index (χ4v) is 4.14. The number of carboxylic acids is 1. The topological polar surface area (TPSA) is 99.6 Å². The summed E-state index contributed by atoms with van der Waals surface area (Å²) in [5.41, 5.74) is 0.354. The highest BCUT2D eigenvalue weighted by molar-refractivity contribution is 7.90. The van der Waals surface area contributed by atoms with E-state index in [9.17, 15) is 13.2 Å². The number of rotatable bonds is 5. The molecule has 2 N–H and O–H groups in total. The van der Waals surface area contributed by atoms with Crippen LogP contribution in [0, 0.1) is 5.92 Å². The molecule has 1 fully saturated rings. The lowest BCUT2D eigenvalue weighted by Crippen LogP contribution is -2.41. The molecular formula is C11H17N3O4S2. The fraction of sp³-hybridized carbons (Fsp3) is 0.636. The van der Waals surface area contributed by atoms with Gasteiger partial charge in [0.2, 0.25) is 0 Å². The number of hydrogen-bond donors (Lipinski definition) is 2. The maximum atomic E-state index is 12.2. The third-order valence-electron chi connectivity index (χ3n) is 3.18. The van der Waals surface area contributed by atoms with Gasteiger partial charge in [0, 0.05) is 18.5 Å². The third kappa shape index (κ3) is 3.90. The maximum absolute atomic E-state index is 12.2. The quantitative estimate of drug-likeness (QED) is 0.848. The summed E-state index contributed by atoms with van der Waals surface area (Å²) in [6.45, 7) is 3.12. The molecule has 2 heterocycles. The maximum Gasteiger partial charge on any atom is 0.309 e. The van der Waals surface area contributed by atoms with E-state index in [1.165, 1.54) is 4.31 Å².